The van der Waals surface area contributed by atoms with Crippen molar-refractivity contribution in [3.05, 3.63) is 288 Å². The lowest BCUT2D eigenvalue weighted by molar-refractivity contribution is 0.461. The summed E-state index contributed by atoms with van der Waals surface area (Å²) in [5.74, 6) is 0. The highest BCUT2D eigenvalue weighted by Crippen LogP contribution is 2.75. The molecule has 0 fully saturated rings. The molecular formula is C70H42N2Si. The highest BCUT2D eigenvalue weighted by molar-refractivity contribution is 7.22. The number of hydrogen-bond acceptors (Lipinski definition) is 0. The number of aromatic nitrogens is 2. The second kappa shape index (κ2) is 13.3. The Bertz CT molecular complexity index is 4370. The van der Waals surface area contributed by atoms with Crippen LogP contribution in [0, 0.1) is 0 Å². The van der Waals surface area contributed by atoms with E-state index in [0.29, 0.717) is 0 Å². The Morgan fingerprint density at radius 3 is 0.959 bits per heavy atom. The molecule has 336 valence electrons. The summed E-state index contributed by atoms with van der Waals surface area (Å²) in [7, 11) is -2.86. The molecule has 2 aromatic heterocycles. The molecule has 0 spiro atoms. The third kappa shape index (κ3) is 4.13. The van der Waals surface area contributed by atoms with Gasteiger partial charge in [0.05, 0.1) is 44.3 Å². The van der Waals surface area contributed by atoms with Gasteiger partial charge in [-0.05, 0) is 112 Å². The Labute approximate surface area is 422 Å². The third-order valence-electron chi connectivity index (χ3n) is 18.3. The number of rotatable bonds is 4. The van der Waals surface area contributed by atoms with Crippen LogP contribution in [0.3, 0.4) is 0 Å². The lowest BCUT2D eigenvalue weighted by Crippen LogP contribution is -2.72. The fourth-order valence-corrected chi connectivity index (χ4v) is 21.3. The molecular weight excluding hydrogens is 897 g/mol. The van der Waals surface area contributed by atoms with Gasteiger partial charge in [0, 0.05) is 32.3 Å². The Morgan fingerprint density at radius 1 is 0.247 bits per heavy atom. The van der Waals surface area contributed by atoms with Gasteiger partial charge in [-0.1, -0.05) is 218 Å². The summed E-state index contributed by atoms with van der Waals surface area (Å²) in [6, 6.07) is 98.6. The first-order valence-electron chi connectivity index (χ1n) is 25.8. The van der Waals surface area contributed by atoms with Crippen molar-refractivity contribution in [1.82, 2.24) is 9.13 Å². The van der Waals surface area contributed by atoms with Gasteiger partial charge in [0.1, 0.15) is 0 Å². The maximum atomic E-state index is 2.56. The van der Waals surface area contributed by atoms with Crippen LogP contribution >= 0.6 is 0 Å². The van der Waals surface area contributed by atoms with Gasteiger partial charge in [0.15, 0.2) is 8.07 Å². The predicted molar refractivity (Wildman–Crippen MR) is 305 cm³/mol. The first kappa shape index (κ1) is 38.7. The zero-order valence-electron chi connectivity index (χ0n) is 39.6. The summed E-state index contributed by atoms with van der Waals surface area (Å²) in [5, 5.41) is 16.3. The predicted octanol–water partition coefficient (Wildman–Crippen LogP) is 13.9. The fourth-order valence-electron chi connectivity index (χ4n) is 16.1. The van der Waals surface area contributed by atoms with Crippen LogP contribution in [0.2, 0.25) is 0 Å². The zero-order chi connectivity index (χ0) is 47.4. The molecule has 3 heterocycles. The van der Waals surface area contributed by atoms with E-state index in [2.05, 4.69) is 264 Å². The van der Waals surface area contributed by atoms with Crippen LogP contribution in [-0.2, 0) is 10.8 Å². The van der Waals surface area contributed by atoms with E-state index < -0.39 is 18.9 Å². The molecule has 3 heteroatoms. The molecule has 0 bridgehead atoms. The molecule has 18 rings (SSSR count). The average molecular weight is 939 g/mol. The summed E-state index contributed by atoms with van der Waals surface area (Å²) in [6.07, 6.45) is 0. The van der Waals surface area contributed by atoms with E-state index in [1.165, 1.54) is 142 Å². The minimum atomic E-state index is -2.86. The molecule has 12 aromatic carbocycles. The van der Waals surface area contributed by atoms with Crippen molar-refractivity contribution in [1.29, 1.82) is 0 Å². The molecule has 73 heavy (non-hydrogen) atoms. The Kier molecular flexibility index (Phi) is 7.04. The van der Waals surface area contributed by atoms with Crippen molar-refractivity contribution in [3.63, 3.8) is 0 Å². The molecule has 4 aliphatic rings. The van der Waals surface area contributed by atoms with E-state index in [9.17, 15) is 0 Å². The van der Waals surface area contributed by atoms with Crippen LogP contribution in [-0.4, -0.2) is 17.2 Å². The van der Waals surface area contributed by atoms with Gasteiger partial charge in [-0.25, -0.2) is 0 Å². The van der Waals surface area contributed by atoms with Gasteiger partial charge in [0.25, 0.3) is 0 Å². The smallest absolute Gasteiger partial charge is 0.180 e. The van der Waals surface area contributed by atoms with Crippen molar-refractivity contribution in [3.8, 4) is 22.5 Å². The zero-order valence-corrected chi connectivity index (χ0v) is 40.6. The van der Waals surface area contributed by atoms with E-state index >= 15 is 0 Å². The van der Waals surface area contributed by atoms with E-state index in [-0.39, 0.29) is 0 Å². The van der Waals surface area contributed by atoms with Gasteiger partial charge < -0.3 is 9.13 Å². The van der Waals surface area contributed by atoms with Crippen molar-refractivity contribution < 1.29 is 0 Å². The number of benzene rings is 12. The van der Waals surface area contributed by atoms with E-state index in [4.69, 9.17) is 0 Å². The third-order valence-corrected chi connectivity index (χ3v) is 23.1. The Morgan fingerprint density at radius 2 is 0.562 bits per heavy atom. The highest BCUT2D eigenvalue weighted by atomic mass is 28.3. The minimum Gasteiger partial charge on any atom is -0.309 e. The topological polar surface area (TPSA) is 9.86 Å². The molecule has 3 aliphatic carbocycles. The molecule has 0 amide bonds. The molecule has 1 aliphatic heterocycles. The largest absolute Gasteiger partial charge is 0.309 e. The van der Waals surface area contributed by atoms with E-state index in [1.807, 2.05) is 0 Å². The summed E-state index contributed by atoms with van der Waals surface area (Å²) in [6.45, 7) is 0. The van der Waals surface area contributed by atoms with Gasteiger partial charge >= 0.3 is 0 Å². The van der Waals surface area contributed by atoms with Gasteiger partial charge in [-0.3, -0.25) is 0 Å². The second-order valence-electron chi connectivity index (χ2n) is 20.9. The molecule has 0 atom stereocenters. The maximum Gasteiger partial charge on any atom is 0.180 e. The van der Waals surface area contributed by atoms with Crippen LogP contribution in [0.1, 0.15) is 33.4 Å². The normalized spacial score (nSPS) is 18.1. The number of hydrogen-bond donors (Lipinski definition) is 0. The van der Waals surface area contributed by atoms with Crippen molar-refractivity contribution in [2.45, 2.75) is 10.8 Å². The standard InChI is InChI=1S/C70H42N2Si/c1-3-19-43(20-4-1)73(44-21-5-2-6-22-44)63-37-17-31-53-67(63)68-54(32-18-38-64(68)73)70-55-39-41-61(71-57-33-11-7-23-45(57)46-24-8-12-34-58(46)71)49-27-15-29-51(65(49)55)69(53,70)52-30-16-28-50-62(42-40-56(70)66(50)52)72-59-35-13-9-25-47(59)48-26-10-14-36-60(48)72/h1-42H. The van der Waals surface area contributed by atoms with Crippen LogP contribution in [0.25, 0.3) is 87.7 Å². The summed E-state index contributed by atoms with van der Waals surface area (Å²) < 4.78 is 5.07. The monoisotopic (exact) mass is 938 g/mol. The van der Waals surface area contributed by atoms with E-state index in [1.54, 1.807) is 0 Å². The Balaban J connectivity index is 1.04. The second-order valence-corrected chi connectivity index (χ2v) is 24.6. The van der Waals surface area contributed by atoms with Crippen molar-refractivity contribution in [2.24, 2.45) is 0 Å². The quantitative estimate of drug-likeness (QED) is 0.156. The number of para-hydroxylation sites is 4. The van der Waals surface area contributed by atoms with Gasteiger partial charge in [-0.2, -0.15) is 0 Å². The molecule has 0 unspecified atom stereocenters. The maximum absolute atomic E-state index is 2.86. The van der Waals surface area contributed by atoms with Crippen LogP contribution in [0.15, 0.2) is 255 Å². The fraction of sp³-hybridized carbons (Fsp3) is 0.0286. The molecule has 14 aromatic rings. The summed E-state index contributed by atoms with van der Waals surface area (Å²) >= 11 is 0. The molecule has 0 N–H and O–H groups in total. The number of fused-ring (bicyclic) bond motifs is 6. The minimum absolute atomic E-state index is 0.607. The Hall–Kier alpha value is -9.02. The molecule has 0 radical (unpaired) electrons. The first-order chi connectivity index (χ1) is 36.3. The summed E-state index contributed by atoms with van der Waals surface area (Å²) in [5.41, 5.74) is 17.5. The first-order valence-corrected chi connectivity index (χ1v) is 27.8. The molecule has 2 nitrogen and oxygen atoms in total. The number of nitrogens with zero attached hydrogens (tertiary/aromatic N) is 2. The van der Waals surface area contributed by atoms with E-state index in [0.717, 1.165) is 0 Å². The van der Waals surface area contributed by atoms with Crippen molar-refractivity contribution in [2.75, 3.05) is 0 Å². The van der Waals surface area contributed by atoms with Crippen molar-refractivity contribution >= 4 is 94.0 Å². The highest BCUT2D eigenvalue weighted by Gasteiger charge is 2.71. The van der Waals surface area contributed by atoms with Crippen LogP contribution in [0.5, 0.6) is 0 Å². The molecule has 0 saturated heterocycles. The molecule has 0 saturated carbocycles. The van der Waals surface area contributed by atoms with Gasteiger partial charge in [0.2, 0.25) is 0 Å². The van der Waals surface area contributed by atoms with Gasteiger partial charge in [-0.15, -0.1) is 0 Å². The average Bonchev–Trinajstić information content (AvgIpc) is 4.34. The van der Waals surface area contributed by atoms with Crippen LogP contribution < -0.4 is 20.7 Å². The van der Waals surface area contributed by atoms with Crippen LogP contribution in [0.4, 0.5) is 0 Å². The lowest BCUT2D eigenvalue weighted by atomic mass is 9.50. The SMILES string of the molecule is c1ccc([Si]2(c3ccccc3)c3cccc4c3-c3c(cccc32)C23c5ccc(-n6c7ccccc7c7ccccc76)c6cccc(c56)C42c2cccc4c(-n5c6ccccc6c6ccccc65)ccc3c24)cc1. The summed E-state index contributed by atoms with van der Waals surface area (Å²) in [4.78, 5) is 0. The lowest BCUT2D eigenvalue weighted by Gasteiger charge is -2.50.